The van der Waals surface area contributed by atoms with Gasteiger partial charge in [0.1, 0.15) is 9.84 Å². The van der Waals surface area contributed by atoms with Crippen molar-refractivity contribution in [2.75, 3.05) is 29.3 Å². The van der Waals surface area contributed by atoms with E-state index in [9.17, 15) is 33.7 Å². The van der Waals surface area contributed by atoms with E-state index in [1.54, 1.807) is 0 Å². The van der Waals surface area contributed by atoms with Gasteiger partial charge in [-0.25, -0.2) is 8.42 Å². The number of rotatable bonds is 12. The van der Waals surface area contributed by atoms with Gasteiger partial charge in [-0.15, -0.1) is 0 Å². The second-order valence-electron chi connectivity index (χ2n) is 6.90. The van der Waals surface area contributed by atoms with E-state index in [0.717, 1.165) is 32.1 Å². The number of hydrogen-bond acceptors (Lipinski definition) is 8. The van der Waals surface area contributed by atoms with Crippen molar-refractivity contribution in [3.8, 4) is 0 Å². The van der Waals surface area contributed by atoms with Crippen molar-refractivity contribution in [3.63, 3.8) is 0 Å². The summed E-state index contributed by atoms with van der Waals surface area (Å²) in [6.07, 6.45) is 7.00. The SMILES string of the molecule is CCCCS(=O)(=O)O.CCCCS(=O)(=O)O.CCCCS(=O)(=O)O.CCCCS(C)(=O)=O.[Mn]. The number of sulfone groups is 1. The minimum atomic E-state index is -3.69. The van der Waals surface area contributed by atoms with Gasteiger partial charge in [-0.05, 0) is 25.7 Å². The molecule has 3 N–H and O–H groups in total. The molecule has 0 atom stereocenters. The summed E-state index contributed by atoms with van der Waals surface area (Å²) in [6.45, 7) is 7.58. The van der Waals surface area contributed by atoms with Crippen molar-refractivity contribution in [2.24, 2.45) is 0 Å². The fourth-order valence-corrected chi connectivity index (χ4v) is 4.16. The Balaban J connectivity index is -0.000000105. The molecule has 0 heterocycles. The molecule has 33 heavy (non-hydrogen) atoms. The van der Waals surface area contributed by atoms with Gasteiger partial charge < -0.3 is 0 Å². The molecule has 0 aliphatic heterocycles. The van der Waals surface area contributed by atoms with Crippen molar-refractivity contribution in [2.45, 2.75) is 79.1 Å². The molecule has 0 bridgehead atoms. The Morgan fingerprint density at radius 1 is 0.455 bits per heavy atom. The average molecular weight is 606 g/mol. The van der Waals surface area contributed by atoms with Crippen LogP contribution in [-0.4, -0.2) is 76.6 Å². The van der Waals surface area contributed by atoms with Crippen LogP contribution in [0, 0.1) is 0 Å². The summed E-state index contributed by atoms with van der Waals surface area (Å²) in [5.41, 5.74) is 0. The van der Waals surface area contributed by atoms with Crippen LogP contribution < -0.4 is 0 Å². The maximum Gasteiger partial charge on any atom is 0.264 e. The van der Waals surface area contributed by atoms with Crippen LogP contribution in [0.15, 0.2) is 0 Å². The Morgan fingerprint density at radius 2 is 0.636 bits per heavy atom. The normalized spacial score (nSPS) is 11.4. The van der Waals surface area contributed by atoms with E-state index in [1.807, 2.05) is 27.7 Å². The summed E-state index contributed by atoms with van der Waals surface area (Å²) in [4.78, 5) is 0. The number of hydrogen-bond donors (Lipinski definition) is 3. The summed E-state index contributed by atoms with van der Waals surface area (Å²) in [6, 6.07) is 0. The molecular weight excluding hydrogens is 563 g/mol. The van der Waals surface area contributed by atoms with E-state index in [-0.39, 0.29) is 34.3 Å². The van der Waals surface area contributed by atoms with Crippen LogP contribution in [0.5, 0.6) is 0 Å². The smallest absolute Gasteiger partial charge is 0.264 e. The minimum absolute atomic E-state index is 0. The predicted octanol–water partition coefficient (Wildman–Crippen LogP) is 2.85. The van der Waals surface area contributed by atoms with Gasteiger partial charge in [0.15, 0.2) is 0 Å². The van der Waals surface area contributed by atoms with Crippen LogP contribution in [0.2, 0.25) is 0 Å². The van der Waals surface area contributed by atoms with Crippen molar-refractivity contribution in [1.82, 2.24) is 0 Å². The quantitative estimate of drug-likeness (QED) is 0.218. The van der Waals surface area contributed by atoms with Gasteiger partial charge >= 0.3 is 0 Å². The molecule has 0 aromatic heterocycles. The molecule has 0 aliphatic rings. The average Bonchev–Trinajstić information content (AvgIpc) is 2.60. The Kier molecular flexibility index (Phi) is 31.4. The molecule has 0 aliphatic carbocycles. The zero-order chi connectivity index (χ0) is 26.5. The van der Waals surface area contributed by atoms with Crippen molar-refractivity contribution < 1.29 is 64.4 Å². The molecule has 1 radical (unpaired) electrons. The largest absolute Gasteiger partial charge is 0.286 e. The van der Waals surface area contributed by atoms with E-state index in [4.69, 9.17) is 13.7 Å². The molecule has 0 aromatic rings. The van der Waals surface area contributed by atoms with Gasteiger partial charge in [-0.2, -0.15) is 25.3 Å². The molecule has 0 saturated carbocycles. The molecule has 16 heteroatoms. The van der Waals surface area contributed by atoms with Crippen molar-refractivity contribution >= 4 is 40.2 Å². The van der Waals surface area contributed by atoms with E-state index in [0.29, 0.717) is 25.0 Å². The third-order valence-corrected chi connectivity index (χ3v) is 6.58. The van der Waals surface area contributed by atoms with E-state index in [1.165, 1.54) is 6.26 Å². The molecule has 0 aromatic carbocycles. The molecule has 0 rings (SSSR count). The molecule has 0 saturated heterocycles. The zero-order valence-corrected chi connectivity index (χ0v) is 24.6. The van der Waals surface area contributed by atoms with Crippen LogP contribution in [-0.2, 0) is 57.3 Å². The summed E-state index contributed by atoms with van der Waals surface area (Å²) >= 11 is 0. The van der Waals surface area contributed by atoms with Gasteiger partial charge in [0.05, 0.1) is 17.3 Å². The Hall–Kier alpha value is 0.199. The van der Waals surface area contributed by atoms with Crippen LogP contribution in [0.1, 0.15) is 79.1 Å². The molecule has 0 spiro atoms. The van der Waals surface area contributed by atoms with Crippen LogP contribution in [0.3, 0.4) is 0 Å². The monoisotopic (exact) mass is 605 g/mol. The zero-order valence-electron chi connectivity index (χ0n) is 20.1. The van der Waals surface area contributed by atoms with Crippen molar-refractivity contribution in [1.29, 1.82) is 0 Å². The maximum atomic E-state index is 10.4. The second-order valence-corrected chi connectivity index (χ2v) is 13.9. The predicted molar refractivity (Wildman–Crippen MR) is 129 cm³/mol. The molecular formula is C17H42MnO11S4. The van der Waals surface area contributed by atoms with E-state index >= 15 is 0 Å². The summed E-state index contributed by atoms with van der Waals surface area (Å²) < 4.78 is 105. The van der Waals surface area contributed by atoms with Gasteiger partial charge in [0.2, 0.25) is 0 Å². The number of unbranched alkanes of at least 4 members (excludes halogenated alkanes) is 4. The summed E-state index contributed by atoms with van der Waals surface area (Å²) in [5, 5.41) is 0. The Bertz CT molecular complexity index is 691. The Morgan fingerprint density at radius 3 is 0.697 bits per heavy atom. The fourth-order valence-electron chi connectivity index (χ4n) is 1.39. The first-order valence-electron chi connectivity index (χ1n) is 10.3. The van der Waals surface area contributed by atoms with Gasteiger partial charge in [0.25, 0.3) is 30.4 Å². The topological polar surface area (TPSA) is 197 Å². The molecule has 0 fully saturated rings. The second kappa shape index (κ2) is 23.9. The van der Waals surface area contributed by atoms with E-state index in [2.05, 4.69) is 0 Å². The molecule has 0 unspecified atom stereocenters. The van der Waals surface area contributed by atoms with Crippen LogP contribution >= 0.6 is 0 Å². The molecule has 0 amide bonds. The standard InChI is InChI=1S/C5H12O2S.3C4H10O3S.Mn/c1-3-4-5-8(2,6)7;3*1-2-3-4-8(5,6)7;/h3-5H2,1-2H3;3*2-4H2,1H3,(H,5,6,7);. The van der Waals surface area contributed by atoms with Crippen molar-refractivity contribution in [3.05, 3.63) is 0 Å². The first-order chi connectivity index (χ1) is 14.2. The van der Waals surface area contributed by atoms with Gasteiger partial charge in [-0.1, -0.05) is 53.4 Å². The van der Waals surface area contributed by atoms with Crippen LogP contribution in [0.4, 0.5) is 0 Å². The maximum absolute atomic E-state index is 10.4. The van der Waals surface area contributed by atoms with Gasteiger partial charge in [0, 0.05) is 29.1 Å². The summed E-state index contributed by atoms with van der Waals surface area (Å²) in [7, 11) is -13.7. The first kappa shape index (κ1) is 43.3. The van der Waals surface area contributed by atoms with Gasteiger partial charge in [-0.3, -0.25) is 13.7 Å². The summed E-state index contributed by atoms with van der Waals surface area (Å²) in [5.74, 6) is 0.0139. The fraction of sp³-hybridized carbons (Fsp3) is 1.00. The van der Waals surface area contributed by atoms with E-state index < -0.39 is 40.2 Å². The van der Waals surface area contributed by atoms with Crippen LogP contribution in [0.25, 0.3) is 0 Å². The molecule has 11 nitrogen and oxygen atoms in total. The minimum Gasteiger partial charge on any atom is -0.286 e. The third-order valence-electron chi connectivity index (χ3n) is 3.14. The Labute approximate surface area is 212 Å². The third kappa shape index (κ3) is 72.0. The first-order valence-corrected chi connectivity index (χ1v) is 17.2. The molecule has 207 valence electrons.